The Labute approximate surface area is 99.8 Å². The maximum Gasteiger partial charge on any atom is 0.248 e. The smallest absolute Gasteiger partial charge is 0.248 e. The van der Waals surface area contributed by atoms with Gasteiger partial charge in [0.2, 0.25) is 5.88 Å². The number of hydrogen-bond donors (Lipinski definition) is 0. The Bertz CT molecular complexity index is 503. The molecule has 0 saturated heterocycles. The summed E-state index contributed by atoms with van der Waals surface area (Å²) in [6.45, 7) is 3.99. The fourth-order valence-corrected chi connectivity index (χ4v) is 1.41. The third-order valence-electron chi connectivity index (χ3n) is 2.34. The van der Waals surface area contributed by atoms with Gasteiger partial charge in [0.25, 0.3) is 0 Å². The number of carbonyl (C=O) groups is 1. The van der Waals surface area contributed by atoms with Crippen LogP contribution in [0.3, 0.4) is 0 Å². The lowest BCUT2D eigenvalue weighted by atomic mass is 10.3. The number of nitrogens with zero attached hydrogens (tertiary/aromatic N) is 2. The van der Waals surface area contributed by atoms with E-state index in [-0.39, 0.29) is 6.04 Å². The topological polar surface area (TPSA) is 44.1 Å². The highest BCUT2D eigenvalue weighted by atomic mass is 16.5. The monoisotopic (exact) mass is 230 g/mol. The molecule has 17 heavy (non-hydrogen) atoms. The van der Waals surface area contributed by atoms with Crippen molar-refractivity contribution in [2.75, 3.05) is 0 Å². The number of hydrogen-bond acceptors (Lipinski definition) is 3. The normalized spacial score (nSPS) is 10.5. The van der Waals surface area contributed by atoms with Gasteiger partial charge in [-0.15, -0.1) is 5.10 Å². The summed E-state index contributed by atoms with van der Waals surface area (Å²) in [5.74, 6) is 1.02. The molecule has 0 fully saturated rings. The average molecular weight is 230 g/mol. The second-order valence-corrected chi connectivity index (χ2v) is 4.00. The van der Waals surface area contributed by atoms with E-state index in [1.807, 2.05) is 44.2 Å². The van der Waals surface area contributed by atoms with Crippen molar-refractivity contribution in [3.8, 4) is 11.6 Å². The number of para-hydroxylation sites is 1. The minimum Gasteiger partial charge on any atom is -0.437 e. The van der Waals surface area contributed by atoms with Gasteiger partial charge in [0.15, 0.2) is 6.29 Å². The van der Waals surface area contributed by atoms with Gasteiger partial charge in [-0.05, 0) is 26.0 Å². The lowest BCUT2D eigenvalue weighted by Gasteiger charge is -2.04. The van der Waals surface area contributed by atoms with Crippen molar-refractivity contribution in [3.05, 3.63) is 42.1 Å². The van der Waals surface area contributed by atoms with E-state index >= 15 is 0 Å². The van der Waals surface area contributed by atoms with Gasteiger partial charge < -0.3 is 4.74 Å². The third-order valence-corrected chi connectivity index (χ3v) is 2.34. The van der Waals surface area contributed by atoms with Gasteiger partial charge >= 0.3 is 0 Å². The summed E-state index contributed by atoms with van der Waals surface area (Å²) in [6, 6.07) is 9.48. The first-order valence-corrected chi connectivity index (χ1v) is 5.48. The van der Waals surface area contributed by atoms with Crippen LogP contribution in [0.4, 0.5) is 0 Å². The van der Waals surface area contributed by atoms with Crippen LogP contribution in [0.15, 0.2) is 36.5 Å². The average Bonchev–Trinajstić information content (AvgIpc) is 2.74. The van der Waals surface area contributed by atoms with Crippen molar-refractivity contribution < 1.29 is 9.53 Å². The number of aldehydes is 1. The van der Waals surface area contributed by atoms with Crippen molar-refractivity contribution in [1.82, 2.24) is 9.78 Å². The minimum absolute atomic E-state index is 0.196. The standard InChI is InChI=1S/C13H14N2O2/c1-10(2)15-8-11(9-16)13(14-15)17-12-6-4-3-5-7-12/h3-10H,1-2H3. The van der Waals surface area contributed by atoms with Crippen LogP contribution in [0, 0.1) is 0 Å². The van der Waals surface area contributed by atoms with Crippen LogP contribution in [0.1, 0.15) is 30.2 Å². The molecule has 1 heterocycles. The number of aromatic nitrogens is 2. The molecule has 0 aliphatic rings. The zero-order valence-corrected chi connectivity index (χ0v) is 9.83. The first-order chi connectivity index (χ1) is 8.20. The van der Waals surface area contributed by atoms with Crippen LogP contribution in [0.2, 0.25) is 0 Å². The summed E-state index contributed by atoms with van der Waals surface area (Å²) in [7, 11) is 0. The minimum atomic E-state index is 0.196. The largest absolute Gasteiger partial charge is 0.437 e. The summed E-state index contributed by atoms with van der Waals surface area (Å²) < 4.78 is 7.28. The molecule has 1 aromatic carbocycles. The number of ether oxygens (including phenoxy) is 1. The quantitative estimate of drug-likeness (QED) is 0.758. The van der Waals surface area contributed by atoms with Crippen LogP contribution in [-0.4, -0.2) is 16.1 Å². The summed E-state index contributed by atoms with van der Waals surface area (Å²) in [6.07, 6.45) is 2.44. The first kappa shape index (κ1) is 11.4. The molecular formula is C13H14N2O2. The highest BCUT2D eigenvalue weighted by Gasteiger charge is 2.11. The molecule has 0 N–H and O–H groups in total. The van der Waals surface area contributed by atoms with E-state index in [2.05, 4.69) is 5.10 Å². The zero-order valence-electron chi connectivity index (χ0n) is 9.83. The Kier molecular flexibility index (Phi) is 3.23. The molecule has 4 nitrogen and oxygen atoms in total. The summed E-state index contributed by atoms with van der Waals surface area (Å²) >= 11 is 0. The number of carbonyl (C=O) groups excluding carboxylic acids is 1. The maximum absolute atomic E-state index is 10.9. The molecule has 0 saturated carbocycles. The predicted octanol–water partition coefficient (Wildman–Crippen LogP) is 3.07. The lowest BCUT2D eigenvalue weighted by molar-refractivity contribution is 0.112. The molecular weight excluding hydrogens is 216 g/mol. The first-order valence-electron chi connectivity index (χ1n) is 5.48. The molecule has 0 aliphatic heterocycles. The zero-order chi connectivity index (χ0) is 12.3. The van der Waals surface area contributed by atoms with Gasteiger partial charge in [-0.2, -0.15) is 0 Å². The Hall–Kier alpha value is -2.10. The van der Waals surface area contributed by atoms with E-state index in [0.29, 0.717) is 17.2 Å². The summed E-state index contributed by atoms with van der Waals surface area (Å²) in [4.78, 5) is 10.9. The second-order valence-electron chi connectivity index (χ2n) is 4.00. The Morgan fingerprint density at radius 3 is 2.59 bits per heavy atom. The van der Waals surface area contributed by atoms with Gasteiger partial charge in [-0.1, -0.05) is 18.2 Å². The Morgan fingerprint density at radius 1 is 1.29 bits per heavy atom. The highest BCUT2D eigenvalue weighted by Crippen LogP contribution is 2.23. The van der Waals surface area contributed by atoms with E-state index in [0.717, 1.165) is 6.29 Å². The molecule has 88 valence electrons. The molecule has 0 aliphatic carbocycles. The van der Waals surface area contributed by atoms with Gasteiger partial charge in [0.1, 0.15) is 5.75 Å². The molecule has 0 bridgehead atoms. The Balaban J connectivity index is 2.29. The molecule has 0 amide bonds. The van der Waals surface area contributed by atoms with Crippen molar-refractivity contribution in [2.24, 2.45) is 0 Å². The number of benzene rings is 1. The molecule has 0 atom stereocenters. The highest BCUT2D eigenvalue weighted by molar-refractivity contribution is 5.77. The summed E-state index contributed by atoms with van der Waals surface area (Å²) in [5, 5.41) is 4.24. The van der Waals surface area contributed by atoms with Crippen LogP contribution in [0.25, 0.3) is 0 Å². The second kappa shape index (κ2) is 4.82. The SMILES string of the molecule is CC(C)n1cc(C=O)c(Oc2ccccc2)n1. The van der Waals surface area contributed by atoms with Crippen molar-refractivity contribution in [2.45, 2.75) is 19.9 Å². The van der Waals surface area contributed by atoms with E-state index in [1.165, 1.54) is 0 Å². The third kappa shape index (κ3) is 2.53. The van der Waals surface area contributed by atoms with Gasteiger partial charge in [0.05, 0.1) is 5.56 Å². The molecule has 2 rings (SSSR count). The van der Waals surface area contributed by atoms with Crippen molar-refractivity contribution >= 4 is 6.29 Å². The van der Waals surface area contributed by atoms with Crippen LogP contribution in [0.5, 0.6) is 11.6 Å². The fourth-order valence-electron chi connectivity index (χ4n) is 1.41. The molecule has 0 spiro atoms. The van der Waals surface area contributed by atoms with E-state index in [9.17, 15) is 4.79 Å². The van der Waals surface area contributed by atoms with E-state index in [4.69, 9.17) is 4.74 Å². The molecule has 0 radical (unpaired) electrons. The van der Waals surface area contributed by atoms with Crippen molar-refractivity contribution in [3.63, 3.8) is 0 Å². The fraction of sp³-hybridized carbons (Fsp3) is 0.231. The predicted molar refractivity (Wildman–Crippen MR) is 64.5 cm³/mol. The van der Waals surface area contributed by atoms with Crippen LogP contribution < -0.4 is 4.74 Å². The Morgan fingerprint density at radius 2 is 2.00 bits per heavy atom. The van der Waals surface area contributed by atoms with Crippen molar-refractivity contribution in [1.29, 1.82) is 0 Å². The number of rotatable bonds is 4. The molecule has 2 aromatic rings. The summed E-state index contributed by atoms with van der Waals surface area (Å²) in [5.41, 5.74) is 0.461. The lowest BCUT2D eigenvalue weighted by Crippen LogP contribution is -2.00. The van der Waals surface area contributed by atoms with E-state index < -0.39 is 0 Å². The van der Waals surface area contributed by atoms with Gasteiger partial charge in [-0.3, -0.25) is 9.48 Å². The molecule has 4 heteroatoms. The molecule has 1 aromatic heterocycles. The maximum atomic E-state index is 10.9. The van der Waals surface area contributed by atoms with Crippen LogP contribution in [-0.2, 0) is 0 Å². The van der Waals surface area contributed by atoms with Gasteiger partial charge in [-0.25, -0.2) is 0 Å². The van der Waals surface area contributed by atoms with E-state index in [1.54, 1.807) is 10.9 Å². The molecule has 0 unspecified atom stereocenters. The van der Waals surface area contributed by atoms with Gasteiger partial charge in [0, 0.05) is 12.2 Å². The van der Waals surface area contributed by atoms with Crippen LogP contribution >= 0.6 is 0 Å².